The molecule has 0 unspecified atom stereocenters. The summed E-state index contributed by atoms with van der Waals surface area (Å²) in [6, 6.07) is 13.7. The van der Waals surface area contributed by atoms with Gasteiger partial charge in [-0.25, -0.2) is 8.42 Å². The van der Waals surface area contributed by atoms with Crippen molar-refractivity contribution in [2.75, 3.05) is 12.4 Å². The van der Waals surface area contributed by atoms with Crippen molar-refractivity contribution in [3.8, 4) is 5.75 Å². The van der Waals surface area contributed by atoms with Gasteiger partial charge in [0.15, 0.2) is 9.84 Å². The Morgan fingerprint density at radius 1 is 1.09 bits per heavy atom. The van der Waals surface area contributed by atoms with Crippen LogP contribution in [0.25, 0.3) is 0 Å². The Balaban J connectivity index is 1.93. The maximum absolute atomic E-state index is 12.4. The van der Waals surface area contributed by atoms with Crippen LogP contribution in [-0.4, -0.2) is 21.3 Å². The first kappa shape index (κ1) is 15.3. The van der Waals surface area contributed by atoms with Gasteiger partial charge in [-0.15, -0.1) is 0 Å². The quantitative estimate of drug-likeness (QED) is 0.877. The van der Waals surface area contributed by atoms with Crippen LogP contribution in [0.4, 0.5) is 5.69 Å². The average Bonchev–Trinajstić information content (AvgIpc) is 2.54. The van der Waals surface area contributed by atoms with Gasteiger partial charge in [-0.05, 0) is 29.8 Å². The molecule has 0 radical (unpaired) electrons. The van der Waals surface area contributed by atoms with E-state index in [1.165, 1.54) is 6.20 Å². The zero-order valence-electron chi connectivity index (χ0n) is 12.4. The molecule has 2 aromatic rings. The van der Waals surface area contributed by atoms with Crippen molar-refractivity contribution >= 4 is 21.3 Å². The molecule has 0 saturated heterocycles. The molecule has 1 aliphatic heterocycles. The molecule has 23 heavy (non-hydrogen) atoms. The monoisotopic (exact) mass is 329 g/mol. The molecular formula is C17H15NO4S. The molecule has 0 bridgehead atoms. The Morgan fingerprint density at radius 3 is 2.48 bits per heavy atom. The fraction of sp³-hybridized carbons (Fsp3) is 0.118. The van der Waals surface area contributed by atoms with E-state index in [1.54, 1.807) is 55.6 Å². The van der Waals surface area contributed by atoms with E-state index in [0.717, 1.165) is 0 Å². The third-order valence-corrected chi connectivity index (χ3v) is 5.29. The molecule has 6 heteroatoms. The van der Waals surface area contributed by atoms with Gasteiger partial charge < -0.3 is 10.1 Å². The Bertz CT molecular complexity index is 883. The van der Waals surface area contributed by atoms with E-state index in [1.807, 2.05) is 0 Å². The topological polar surface area (TPSA) is 72.5 Å². The Kier molecular flexibility index (Phi) is 3.92. The largest absolute Gasteiger partial charge is 0.497 e. The van der Waals surface area contributed by atoms with E-state index >= 15 is 0 Å². The van der Waals surface area contributed by atoms with Crippen molar-refractivity contribution in [2.24, 2.45) is 0 Å². The van der Waals surface area contributed by atoms with Crippen molar-refractivity contribution in [3.63, 3.8) is 0 Å². The minimum atomic E-state index is -3.64. The van der Waals surface area contributed by atoms with Crippen LogP contribution in [0.5, 0.6) is 5.75 Å². The summed E-state index contributed by atoms with van der Waals surface area (Å²) in [5.41, 5.74) is 1.64. The number of benzene rings is 2. The Hall–Kier alpha value is -2.60. The number of anilines is 1. The maximum Gasteiger partial charge on any atom is 0.206 e. The lowest BCUT2D eigenvalue weighted by molar-refractivity contribution is 0.104. The summed E-state index contributed by atoms with van der Waals surface area (Å²) in [6.45, 7) is 0. The second kappa shape index (κ2) is 5.89. The number of fused-ring (bicyclic) bond motifs is 1. The number of methoxy groups -OCH3 is 1. The third-order valence-electron chi connectivity index (χ3n) is 3.63. The number of hydrogen-bond acceptors (Lipinski definition) is 5. The number of sulfone groups is 1. The van der Waals surface area contributed by atoms with Crippen LogP contribution >= 0.6 is 0 Å². The summed E-state index contributed by atoms with van der Waals surface area (Å²) in [5, 5.41) is 2.86. The molecule has 0 spiro atoms. The third kappa shape index (κ3) is 2.98. The molecule has 0 atom stereocenters. The molecule has 1 heterocycles. The number of rotatable bonds is 3. The highest BCUT2D eigenvalue weighted by Crippen LogP contribution is 2.28. The molecule has 0 fully saturated rings. The maximum atomic E-state index is 12.4. The van der Waals surface area contributed by atoms with Crippen molar-refractivity contribution in [1.82, 2.24) is 0 Å². The van der Waals surface area contributed by atoms with Crippen LogP contribution in [0.2, 0.25) is 0 Å². The summed E-state index contributed by atoms with van der Waals surface area (Å²) < 4.78 is 29.7. The number of nitrogens with one attached hydrogen (secondary N) is 1. The molecule has 0 amide bonds. The number of carbonyl (C=O) groups excluding carboxylic acids is 1. The normalized spacial score (nSPS) is 17.6. The Labute approximate surface area is 134 Å². The van der Waals surface area contributed by atoms with Gasteiger partial charge in [0.25, 0.3) is 0 Å². The molecule has 0 aliphatic carbocycles. The van der Waals surface area contributed by atoms with Crippen molar-refractivity contribution in [2.45, 2.75) is 5.75 Å². The van der Waals surface area contributed by atoms with Crippen molar-refractivity contribution in [1.29, 1.82) is 0 Å². The van der Waals surface area contributed by atoms with E-state index in [9.17, 15) is 13.2 Å². The summed E-state index contributed by atoms with van der Waals surface area (Å²) in [7, 11) is -2.08. The zero-order valence-corrected chi connectivity index (χ0v) is 13.3. The lowest BCUT2D eigenvalue weighted by Gasteiger charge is -2.17. The molecule has 1 N–H and O–H groups in total. The van der Waals surface area contributed by atoms with E-state index in [2.05, 4.69) is 5.32 Å². The van der Waals surface area contributed by atoms with Crippen LogP contribution in [0.15, 0.2) is 59.6 Å². The van der Waals surface area contributed by atoms with E-state index in [-0.39, 0.29) is 10.7 Å². The second-order valence-electron chi connectivity index (χ2n) is 5.13. The average molecular weight is 329 g/mol. The number of ketones is 1. The van der Waals surface area contributed by atoms with Crippen LogP contribution in [0, 0.1) is 0 Å². The molecule has 118 valence electrons. The molecule has 0 saturated carbocycles. The predicted octanol–water partition coefficient (Wildman–Crippen LogP) is 2.76. The number of carbonyl (C=O) groups is 1. The van der Waals surface area contributed by atoms with Gasteiger partial charge >= 0.3 is 0 Å². The van der Waals surface area contributed by atoms with Gasteiger partial charge in [0.2, 0.25) is 5.78 Å². The first-order valence-electron chi connectivity index (χ1n) is 6.97. The number of hydrogen-bond donors (Lipinski definition) is 1. The fourth-order valence-corrected chi connectivity index (χ4v) is 3.86. The van der Waals surface area contributed by atoms with Gasteiger partial charge in [0, 0.05) is 17.5 Å². The molecule has 1 aliphatic rings. The minimum absolute atomic E-state index is 0.162. The summed E-state index contributed by atoms with van der Waals surface area (Å²) in [6.07, 6.45) is 1.26. The smallest absolute Gasteiger partial charge is 0.206 e. The first-order chi connectivity index (χ1) is 11.0. The number of allylic oxidation sites excluding steroid dienone is 1. The highest BCUT2D eigenvalue weighted by molar-refractivity contribution is 7.95. The number of ether oxygens (including phenoxy) is 1. The standard InChI is InChI=1S/C17H15NO4S/c1-22-14-8-6-13(7-9-14)18-10-16-17(19)15-5-3-2-4-12(15)11-23(16,20)21/h2-10,18H,11H2,1H3. The van der Waals surface area contributed by atoms with Crippen molar-refractivity contribution < 1.29 is 17.9 Å². The Morgan fingerprint density at radius 2 is 1.78 bits per heavy atom. The second-order valence-corrected chi connectivity index (χ2v) is 7.08. The van der Waals surface area contributed by atoms with Crippen LogP contribution in [0.3, 0.4) is 0 Å². The van der Waals surface area contributed by atoms with Gasteiger partial charge in [0.1, 0.15) is 10.7 Å². The zero-order chi connectivity index (χ0) is 16.4. The minimum Gasteiger partial charge on any atom is -0.497 e. The highest BCUT2D eigenvalue weighted by atomic mass is 32.2. The lowest BCUT2D eigenvalue weighted by Crippen LogP contribution is -2.24. The summed E-state index contributed by atoms with van der Waals surface area (Å²) >= 11 is 0. The van der Waals surface area contributed by atoms with Gasteiger partial charge in [0.05, 0.1) is 12.9 Å². The van der Waals surface area contributed by atoms with Crippen LogP contribution in [-0.2, 0) is 15.6 Å². The van der Waals surface area contributed by atoms with Gasteiger partial charge in [-0.1, -0.05) is 24.3 Å². The molecule has 2 aromatic carbocycles. The van der Waals surface area contributed by atoms with Gasteiger partial charge in [-0.3, -0.25) is 4.79 Å². The SMILES string of the molecule is COc1ccc(NC=C2C(=O)c3ccccc3CS2(=O)=O)cc1. The molecule has 3 rings (SSSR count). The van der Waals surface area contributed by atoms with E-state index in [0.29, 0.717) is 22.6 Å². The molecule has 0 aromatic heterocycles. The van der Waals surface area contributed by atoms with Crippen LogP contribution in [0.1, 0.15) is 15.9 Å². The van der Waals surface area contributed by atoms with Crippen molar-refractivity contribution in [3.05, 3.63) is 70.8 Å². The van der Waals surface area contributed by atoms with E-state index < -0.39 is 15.6 Å². The lowest BCUT2D eigenvalue weighted by atomic mass is 10.0. The van der Waals surface area contributed by atoms with E-state index in [4.69, 9.17) is 4.74 Å². The van der Waals surface area contributed by atoms with Crippen LogP contribution < -0.4 is 10.1 Å². The summed E-state index contributed by atoms with van der Waals surface area (Å²) in [4.78, 5) is 12.2. The predicted molar refractivity (Wildman–Crippen MR) is 88.1 cm³/mol. The highest BCUT2D eigenvalue weighted by Gasteiger charge is 2.33. The summed E-state index contributed by atoms with van der Waals surface area (Å²) in [5.74, 6) is 0.0526. The first-order valence-corrected chi connectivity index (χ1v) is 8.62. The number of Topliss-reactive ketones (excluding diaryl/α,β-unsaturated/α-hetero) is 1. The molecular weight excluding hydrogens is 314 g/mol. The van der Waals surface area contributed by atoms with Gasteiger partial charge in [-0.2, -0.15) is 0 Å². The fourth-order valence-electron chi connectivity index (χ4n) is 2.42. The molecule has 5 nitrogen and oxygen atoms in total.